The van der Waals surface area contributed by atoms with Crippen LogP contribution in [-0.2, 0) is 25.6 Å². The van der Waals surface area contributed by atoms with Gasteiger partial charge in [-0.1, -0.05) is 30.3 Å². The van der Waals surface area contributed by atoms with Crippen LogP contribution >= 0.6 is 0 Å². The molecule has 0 aliphatic rings. The number of hydrogen-bond donors (Lipinski definition) is 2. The third-order valence-corrected chi connectivity index (χ3v) is 6.35. The van der Waals surface area contributed by atoms with Gasteiger partial charge in [-0.3, -0.25) is 9.52 Å². The largest absolute Gasteiger partial charge is 0.322 e. The van der Waals surface area contributed by atoms with Crippen molar-refractivity contribution in [2.45, 2.75) is 10.6 Å². The Morgan fingerprint density at radius 2 is 1.37 bits per heavy atom. The van der Waals surface area contributed by atoms with Crippen molar-refractivity contribution in [1.29, 1.82) is 0 Å². The number of nitrogens with one attached hydrogen (secondary N) is 2. The van der Waals surface area contributed by atoms with Crippen molar-refractivity contribution in [3.8, 4) is 0 Å². The van der Waals surface area contributed by atoms with Crippen LogP contribution in [0.3, 0.4) is 0 Å². The van der Waals surface area contributed by atoms with E-state index in [1.807, 2.05) is 0 Å². The third-order valence-electron chi connectivity index (χ3n) is 4.09. The summed E-state index contributed by atoms with van der Waals surface area (Å²) in [7, 11) is -6.89. The van der Waals surface area contributed by atoms with Gasteiger partial charge in [0.1, 0.15) is 0 Å². The number of amides is 1. The van der Waals surface area contributed by atoms with Crippen LogP contribution in [0.4, 0.5) is 11.4 Å². The van der Waals surface area contributed by atoms with Gasteiger partial charge in [0.2, 0.25) is 0 Å². The molecule has 3 aromatic rings. The topological polar surface area (TPSA) is 109 Å². The highest BCUT2D eigenvalue weighted by Gasteiger charge is 2.14. The van der Waals surface area contributed by atoms with Crippen molar-refractivity contribution in [2.24, 2.45) is 0 Å². The predicted octanol–water partition coefficient (Wildman–Crippen LogP) is 3.28. The molecule has 0 bridgehead atoms. The minimum Gasteiger partial charge on any atom is -0.322 e. The van der Waals surface area contributed by atoms with Crippen molar-refractivity contribution in [1.82, 2.24) is 0 Å². The van der Waals surface area contributed by atoms with Crippen LogP contribution in [-0.4, -0.2) is 29.0 Å². The Balaban J connectivity index is 1.67. The van der Waals surface area contributed by atoms with E-state index in [2.05, 4.69) is 10.0 Å². The number of sulfone groups is 1. The van der Waals surface area contributed by atoms with Gasteiger partial charge in [0, 0.05) is 23.2 Å². The number of anilines is 2. The van der Waals surface area contributed by atoms with Crippen LogP contribution < -0.4 is 10.0 Å². The number of para-hydroxylation sites is 1. The van der Waals surface area contributed by atoms with Gasteiger partial charge in [-0.15, -0.1) is 0 Å². The van der Waals surface area contributed by atoms with E-state index in [1.165, 1.54) is 24.3 Å². The molecule has 0 aliphatic carbocycles. The van der Waals surface area contributed by atoms with E-state index < -0.39 is 19.9 Å². The average molecular weight is 445 g/mol. The molecular weight excluding hydrogens is 424 g/mol. The van der Waals surface area contributed by atoms with Crippen molar-refractivity contribution < 1.29 is 21.6 Å². The van der Waals surface area contributed by atoms with Crippen LogP contribution in [0.25, 0.3) is 0 Å². The molecule has 156 valence electrons. The van der Waals surface area contributed by atoms with E-state index in [4.69, 9.17) is 0 Å². The summed E-state index contributed by atoms with van der Waals surface area (Å²) in [6.45, 7) is 0. The number of benzene rings is 3. The highest BCUT2D eigenvalue weighted by molar-refractivity contribution is 7.92. The Labute approximate surface area is 175 Å². The second-order valence-electron chi connectivity index (χ2n) is 6.72. The van der Waals surface area contributed by atoms with E-state index in [0.29, 0.717) is 22.5 Å². The lowest BCUT2D eigenvalue weighted by Crippen LogP contribution is -2.14. The molecule has 0 fully saturated rings. The molecule has 3 rings (SSSR count). The SMILES string of the molecule is CS(=O)(=O)Cc1ccc(C(=O)Nc2ccc(S(=O)(=O)Nc3ccccc3)cc2)cc1. The lowest BCUT2D eigenvalue weighted by molar-refractivity contribution is 0.102. The van der Waals surface area contributed by atoms with Crippen molar-refractivity contribution in [2.75, 3.05) is 16.3 Å². The highest BCUT2D eigenvalue weighted by atomic mass is 32.2. The maximum Gasteiger partial charge on any atom is 0.261 e. The summed E-state index contributed by atoms with van der Waals surface area (Å²) in [5.41, 5.74) is 1.83. The molecule has 0 aliphatic heterocycles. The van der Waals surface area contributed by atoms with Gasteiger partial charge in [0.25, 0.3) is 15.9 Å². The predicted molar refractivity (Wildman–Crippen MR) is 117 cm³/mol. The number of hydrogen-bond acceptors (Lipinski definition) is 5. The summed E-state index contributed by atoms with van der Waals surface area (Å²) < 4.78 is 50.0. The minimum absolute atomic E-state index is 0.0643. The van der Waals surface area contributed by atoms with Crippen LogP contribution in [0.2, 0.25) is 0 Å². The minimum atomic E-state index is -3.74. The fourth-order valence-electron chi connectivity index (χ4n) is 2.70. The summed E-state index contributed by atoms with van der Waals surface area (Å²) in [4.78, 5) is 12.4. The quantitative estimate of drug-likeness (QED) is 0.581. The van der Waals surface area contributed by atoms with Crippen LogP contribution in [0.5, 0.6) is 0 Å². The van der Waals surface area contributed by atoms with Crippen LogP contribution in [0.1, 0.15) is 15.9 Å². The van der Waals surface area contributed by atoms with Crippen molar-refractivity contribution >= 4 is 37.1 Å². The molecule has 3 aromatic carbocycles. The molecular formula is C21H20N2O5S2. The molecule has 9 heteroatoms. The standard InChI is InChI=1S/C21H20N2O5S2/c1-29(25,26)15-16-7-9-17(10-8-16)21(24)22-18-11-13-20(14-12-18)30(27,28)23-19-5-3-2-4-6-19/h2-14,23H,15H2,1H3,(H,22,24). The highest BCUT2D eigenvalue weighted by Crippen LogP contribution is 2.19. The second kappa shape index (κ2) is 8.68. The molecule has 0 atom stereocenters. The van der Waals surface area contributed by atoms with Gasteiger partial charge in [0.05, 0.1) is 10.6 Å². The number of rotatable bonds is 7. The molecule has 2 N–H and O–H groups in total. The van der Waals surface area contributed by atoms with Gasteiger partial charge in [-0.25, -0.2) is 16.8 Å². The van der Waals surface area contributed by atoms with E-state index in [1.54, 1.807) is 54.6 Å². The summed E-state index contributed by atoms with van der Waals surface area (Å²) in [6, 6.07) is 20.6. The molecule has 0 heterocycles. The Bertz CT molecular complexity index is 1240. The number of carbonyl (C=O) groups is 1. The molecule has 0 unspecified atom stereocenters. The van der Waals surface area contributed by atoms with Crippen molar-refractivity contribution in [3.05, 3.63) is 90.0 Å². The molecule has 0 radical (unpaired) electrons. The second-order valence-corrected chi connectivity index (χ2v) is 10.5. The zero-order chi connectivity index (χ0) is 21.8. The monoisotopic (exact) mass is 444 g/mol. The van der Waals surface area contributed by atoms with Crippen LogP contribution in [0.15, 0.2) is 83.8 Å². The zero-order valence-corrected chi connectivity index (χ0v) is 17.7. The maximum absolute atomic E-state index is 12.4. The first-order chi connectivity index (χ1) is 14.1. The molecule has 0 saturated heterocycles. The fraction of sp³-hybridized carbons (Fsp3) is 0.0952. The number of carbonyl (C=O) groups excluding carboxylic acids is 1. The Kier molecular flexibility index (Phi) is 6.23. The maximum atomic E-state index is 12.4. The van der Waals surface area contributed by atoms with Crippen molar-refractivity contribution in [3.63, 3.8) is 0 Å². The first-order valence-corrected chi connectivity index (χ1v) is 12.4. The number of sulfonamides is 1. The molecule has 30 heavy (non-hydrogen) atoms. The summed E-state index contributed by atoms with van der Waals surface area (Å²) in [5.74, 6) is -0.485. The first kappa shape index (κ1) is 21.5. The Morgan fingerprint density at radius 1 is 0.767 bits per heavy atom. The fourth-order valence-corrected chi connectivity index (χ4v) is 4.55. The normalized spacial score (nSPS) is 11.6. The summed E-state index contributed by atoms with van der Waals surface area (Å²) in [5, 5.41) is 2.68. The molecule has 7 nitrogen and oxygen atoms in total. The van der Waals surface area contributed by atoms with E-state index in [0.717, 1.165) is 6.26 Å². The summed E-state index contributed by atoms with van der Waals surface area (Å²) in [6.07, 6.45) is 1.15. The smallest absolute Gasteiger partial charge is 0.261 e. The molecule has 0 saturated carbocycles. The van der Waals surface area contributed by atoms with Gasteiger partial charge in [0.15, 0.2) is 9.84 Å². The van der Waals surface area contributed by atoms with Crippen LogP contribution in [0, 0.1) is 0 Å². The average Bonchev–Trinajstić information content (AvgIpc) is 2.68. The summed E-state index contributed by atoms with van der Waals surface area (Å²) >= 11 is 0. The third kappa shape index (κ3) is 5.91. The Hall–Kier alpha value is -3.17. The van der Waals surface area contributed by atoms with Gasteiger partial charge in [-0.2, -0.15) is 0 Å². The van der Waals surface area contributed by atoms with Gasteiger partial charge in [-0.05, 0) is 54.1 Å². The zero-order valence-electron chi connectivity index (χ0n) is 16.1. The lowest BCUT2D eigenvalue weighted by atomic mass is 10.1. The van der Waals surface area contributed by atoms with Gasteiger partial charge >= 0.3 is 0 Å². The van der Waals surface area contributed by atoms with Gasteiger partial charge < -0.3 is 5.32 Å². The molecule has 0 spiro atoms. The van der Waals surface area contributed by atoms with E-state index in [9.17, 15) is 21.6 Å². The molecule has 0 aromatic heterocycles. The molecule has 1 amide bonds. The van der Waals surface area contributed by atoms with E-state index >= 15 is 0 Å². The van der Waals surface area contributed by atoms with E-state index in [-0.39, 0.29) is 16.6 Å². The first-order valence-electron chi connectivity index (χ1n) is 8.88. The Morgan fingerprint density at radius 3 is 1.93 bits per heavy atom. The lowest BCUT2D eigenvalue weighted by Gasteiger charge is -2.10.